The Morgan fingerprint density at radius 2 is 1.82 bits per heavy atom. The van der Waals surface area contributed by atoms with Gasteiger partial charge >= 0.3 is 5.97 Å². The molecular weight excluding hydrogens is 214 g/mol. The van der Waals surface area contributed by atoms with Gasteiger partial charge in [-0.1, -0.05) is 18.2 Å². The van der Waals surface area contributed by atoms with Crippen molar-refractivity contribution in [2.24, 2.45) is 0 Å². The van der Waals surface area contributed by atoms with Crippen molar-refractivity contribution in [3.05, 3.63) is 34.9 Å². The number of rotatable bonds is 4. The zero-order valence-electron chi connectivity index (χ0n) is 11.3. The average Bonchev–Trinajstić information content (AvgIpc) is 2.27. The van der Waals surface area contributed by atoms with Crippen LogP contribution in [0.4, 0.5) is 0 Å². The van der Waals surface area contributed by atoms with Gasteiger partial charge in [-0.25, -0.2) is 0 Å². The topological polar surface area (TPSA) is 38.3 Å². The van der Waals surface area contributed by atoms with Crippen molar-refractivity contribution in [2.45, 2.75) is 39.8 Å². The van der Waals surface area contributed by atoms with Crippen LogP contribution in [-0.4, -0.2) is 18.6 Å². The maximum atomic E-state index is 11.5. The molecule has 0 spiro atoms. The van der Waals surface area contributed by atoms with E-state index in [-0.39, 0.29) is 5.97 Å². The van der Waals surface area contributed by atoms with E-state index >= 15 is 0 Å². The van der Waals surface area contributed by atoms with Crippen molar-refractivity contribution < 1.29 is 9.53 Å². The molecule has 0 amide bonds. The van der Waals surface area contributed by atoms with E-state index in [2.05, 4.69) is 31.3 Å². The van der Waals surface area contributed by atoms with Gasteiger partial charge in [-0.2, -0.15) is 0 Å². The lowest BCUT2D eigenvalue weighted by atomic mass is 10.0. The van der Waals surface area contributed by atoms with Crippen molar-refractivity contribution in [1.82, 2.24) is 5.32 Å². The number of esters is 1. The summed E-state index contributed by atoms with van der Waals surface area (Å²) in [5.41, 5.74) is 3.05. The quantitative estimate of drug-likeness (QED) is 0.814. The Kier molecular flexibility index (Phi) is 4.29. The smallest absolute Gasteiger partial charge is 0.325 e. The highest BCUT2D eigenvalue weighted by Gasteiger charge is 2.27. The summed E-state index contributed by atoms with van der Waals surface area (Å²) in [6.07, 6.45) is 0. The SMILES string of the molecule is COC(=O)C(C)(C)NCc1c(C)cccc1C. The first-order chi connectivity index (χ1) is 7.88. The van der Waals surface area contributed by atoms with Gasteiger partial charge in [0, 0.05) is 6.54 Å². The van der Waals surface area contributed by atoms with Crippen molar-refractivity contribution in [2.75, 3.05) is 7.11 Å². The summed E-state index contributed by atoms with van der Waals surface area (Å²) < 4.78 is 4.76. The molecule has 1 N–H and O–H groups in total. The zero-order chi connectivity index (χ0) is 13.1. The molecule has 0 aromatic heterocycles. The first kappa shape index (κ1) is 13.7. The van der Waals surface area contributed by atoms with Crippen LogP contribution in [0.15, 0.2) is 18.2 Å². The Bertz CT molecular complexity index is 390. The number of carbonyl (C=O) groups is 1. The molecule has 0 aliphatic carbocycles. The van der Waals surface area contributed by atoms with Gasteiger partial charge in [0.15, 0.2) is 0 Å². The predicted molar refractivity (Wildman–Crippen MR) is 68.9 cm³/mol. The van der Waals surface area contributed by atoms with Gasteiger partial charge in [0.2, 0.25) is 0 Å². The second-order valence-corrected chi connectivity index (χ2v) is 4.84. The third-order valence-corrected chi connectivity index (χ3v) is 3.05. The summed E-state index contributed by atoms with van der Waals surface area (Å²) in [6, 6.07) is 6.20. The van der Waals surface area contributed by atoms with Crippen LogP contribution < -0.4 is 5.32 Å². The van der Waals surface area contributed by atoms with Crippen LogP contribution >= 0.6 is 0 Å². The standard InChI is InChI=1S/C14H21NO2/c1-10-7-6-8-11(2)12(10)9-15-14(3,4)13(16)17-5/h6-8,15H,9H2,1-5H3. The maximum Gasteiger partial charge on any atom is 0.325 e. The lowest BCUT2D eigenvalue weighted by Gasteiger charge is -2.24. The molecule has 17 heavy (non-hydrogen) atoms. The van der Waals surface area contributed by atoms with Gasteiger partial charge < -0.3 is 4.74 Å². The van der Waals surface area contributed by atoms with E-state index in [0.717, 1.165) is 0 Å². The number of hydrogen-bond donors (Lipinski definition) is 1. The van der Waals surface area contributed by atoms with Crippen molar-refractivity contribution in [3.8, 4) is 0 Å². The summed E-state index contributed by atoms with van der Waals surface area (Å²) in [4.78, 5) is 11.5. The average molecular weight is 235 g/mol. The number of carbonyl (C=O) groups excluding carboxylic acids is 1. The Balaban J connectivity index is 2.77. The predicted octanol–water partition coefficient (Wildman–Crippen LogP) is 2.34. The molecule has 1 rings (SSSR count). The maximum absolute atomic E-state index is 11.5. The van der Waals surface area contributed by atoms with Gasteiger partial charge in [0.25, 0.3) is 0 Å². The van der Waals surface area contributed by atoms with Gasteiger partial charge in [-0.05, 0) is 44.4 Å². The van der Waals surface area contributed by atoms with E-state index in [4.69, 9.17) is 4.74 Å². The second kappa shape index (κ2) is 5.32. The molecule has 0 radical (unpaired) electrons. The molecule has 94 valence electrons. The van der Waals surface area contributed by atoms with Crippen LogP contribution in [0.2, 0.25) is 0 Å². The third kappa shape index (κ3) is 3.30. The molecule has 0 aliphatic rings. The molecular formula is C14H21NO2. The molecule has 0 fully saturated rings. The Labute approximate surface area is 103 Å². The van der Waals surface area contributed by atoms with Gasteiger partial charge in [0.05, 0.1) is 7.11 Å². The molecule has 3 heteroatoms. The third-order valence-electron chi connectivity index (χ3n) is 3.05. The van der Waals surface area contributed by atoms with Crippen molar-refractivity contribution in [1.29, 1.82) is 0 Å². The van der Waals surface area contributed by atoms with E-state index in [1.54, 1.807) is 0 Å². The van der Waals surface area contributed by atoms with Gasteiger partial charge in [-0.3, -0.25) is 10.1 Å². The number of nitrogens with one attached hydrogen (secondary N) is 1. The fourth-order valence-corrected chi connectivity index (χ4v) is 1.76. The monoisotopic (exact) mass is 235 g/mol. The van der Waals surface area contributed by atoms with Gasteiger partial charge in [-0.15, -0.1) is 0 Å². The second-order valence-electron chi connectivity index (χ2n) is 4.84. The molecule has 1 aromatic rings. The molecule has 0 heterocycles. The van der Waals surface area contributed by atoms with E-state index in [9.17, 15) is 4.79 Å². The highest BCUT2D eigenvalue weighted by atomic mass is 16.5. The molecule has 1 aromatic carbocycles. The van der Waals surface area contributed by atoms with Crippen molar-refractivity contribution in [3.63, 3.8) is 0 Å². The molecule has 0 unspecified atom stereocenters. The normalized spacial score (nSPS) is 11.4. The molecule has 0 aliphatic heterocycles. The van der Waals surface area contributed by atoms with Crippen LogP contribution in [0, 0.1) is 13.8 Å². The first-order valence-corrected chi connectivity index (χ1v) is 5.77. The lowest BCUT2D eigenvalue weighted by Crippen LogP contribution is -2.47. The minimum Gasteiger partial charge on any atom is -0.468 e. The molecule has 3 nitrogen and oxygen atoms in total. The zero-order valence-corrected chi connectivity index (χ0v) is 11.3. The summed E-state index contributed by atoms with van der Waals surface area (Å²) in [6.45, 7) is 8.48. The lowest BCUT2D eigenvalue weighted by molar-refractivity contribution is -0.147. The Hall–Kier alpha value is -1.35. The fourth-order valence-electron chi connectivity index (χ4n) is 1.76. The van der Waals surface area contributed by atoms with Crippen LogP contribution in [0.3, 0.4) is 0 Å². The van der Waals surface area contributed by atoms with E-state index < -0.39 is 5.54 Å². The Morgan fingerprint density at radius 1 is 1.29 bits per heavy atom. The summed E-state index contributed by atoms with van der Waals surface area (Å²) >= 11 is 0. The number of hydrogen-bond acceptors (Lipinski definition) is 3. The Morgan fingerprint density at radius 3 is 2.29 bits per heavy atom. The summed E-state index contributed by atoms with van der Waals surface area (Å²) in [5.74, 6) is -0.247. The van der Waals surface area contributed by atoms with E-state index in [0.29, 0.717) is 6.54 Å². The number of methoxy groups -OCH3 is 1. The van der Waals surface area contributed by atoms with Crippen LogP contribution in [0.1, 0.15) is 30.5 Å². The van der Waals surface area contributed by atoms with Crippen LogP contribution in [0.25, 0.3) is 0 Å². The van der Waals surface area contributed by atoms with Crippen molar-refractivity contribution >= 4 is 5.97 Å². The summed E-state index contributed by atoms with van der Waals surface area (Å²) in [5, 5.41) is 3.23. The van der Waals surface area contributed by atoms with E-state index in [1.807, 2.05) is 19.9 Å². The highest BCUT2D eigenvalue weighted by Crippen LogP contribution is 2.15. The summed E-state index contributed by atoms with van der Waals surface area (Å²) in [7, 11) is 1.41. The molecule has 0 saturated carbocycles. The molecule has 0 bridgehead atoms. The molecule has 0 saturated heterocycles. The number of benzene rings is 1. The van der Waals surface area contributed by atoms with Crippen LogP contribution in [-0.2, 0) is 16.1 Å². The molecule has 0 atom stereocenters. The van der Waals surface area contributed by atoms with E-state index in [1.165, 1.54) is 23.8 Å². The fraction of sp³-hybridized carbons (Fsp3) is 0.500. The minimum atomic E-state index is -0.663. The van der Waals surface area contributed by atoms with Gasteiger partial charge in [0.1, 0.15) is 5.54 Å². The number of ether oxygens (including phenoxy) is 1. The number of aryl methyl sites for hydroxylation is 2. The minimum absolute atomic E-state index is 0.247. The largest absolute Gasteiger partial charge is 0.468 e. The first-order valence-electron chi connectivity index (χ1n) is 5.77. The highest BCUT2D eigenvalue weighted by molar-refractivity contribution is 5.79. The van der Waals surface area contributed by atoms with Crippen LogP contribution in [0.5, 0.6) is 0 Å².